The van der Waals surface area contributed by atoms with Gasteiger partial charge in [-0.2, -0.15) is 9.40 Å². The molecule has 0 bridgehead atoms. The van der Waals surface area contributed by atoms with Crippen molar-refractivity contribution in [1.82, 2.24) is 19.4 Å². The summed E-state index contributed by atoms with van der Waals surface area (Å²) in [6.07, 6.45) is 7.05. The number of amides is 1. The monoisotopic (exact) mass is 404 g/mol. The summed E-state index contributed by atoms with van der Waals surface area (Å²) in [7, 11) is -3.36. The van der Waals surface area contributed by atoms with Crippen molar-refractivity contribution in [3.8, 4) is 5.69 Å². The minimum absolute atomic E-state index is 0.193. The van der Waals surface area contributed by atoms with Crippen LogP contribution in [0.5, 0.6) is 0 Å². The SMILES string of the molecule is Cc1nn(-c2ccccc2)cc1CCCNC(=O)C1CCCCN1S(C)(=O)=O. The van der Waals surface area contributed by atoms with Gasteiger partial charge >= 0.3 is 0 Å². The molecule has 2 aromatic rings. The van der Waals surface area contributed by atoms with Gasteiger partial charge in [0.2, 0.25) is 15.9 Å². The number of nitrogens with zero attached hydrogens (tertiary/aromatic N) is 3. The van der Waals surface area contributed by atoms with E-state index in [4.69, 9.17) is 0 Å². The van der Waals surface area contributed by atoms with E-state index in [0.717, 1.165) is 42.6 Å². The summed E-state index contributed by atoms with van der Waals surface area (Å²) in [5, 5.41) is 7.47. The quantitative estimate of drug-likeness (QED) is 0.716. The van der Waals surface area contributed by atoms with Gasteiger partial charge in [0.05, 0.1) is 17.6 Å². The lowest BCUT2D eigenvalue weighted by Crippen LogP contribution is -2.51. The minimum Gasteiger partial charge on any atom is -0.355 e. The van der Waals surface area contributed by atoms with E-state index in [1.165, 1.54) is 10.6 Å². The number of aromatic nitrogens is 2. The molecule has 1 atom stereocenters. The Bertz CT molecular complexity index is 909. The maximum atomic E-state index is 12.5. The lowest BCUT2D eigenvalue weighted by Gasteiger charge is -2.32. The van der Waals surface area contributed by atoms with E-state index in [9.17, 15) is 13.2 Å². The molecule has 1 aliphatic rings. The first-order valence-corrected chi connectivity index (χ1v) is 11.6. The van der Waals surface area contributed by atoms with Crippen LogP contribution >= 0.6 is 0 Å². The molecule has 8 heteroatoms. The number of para-hydroxylation sites is 1. The van der Waals surface area contributed by atoms with Gasteiger partial charge in [-0.05, 0) is 50.3 Å². The predicted molar refractivity (Wildman–Crippen MR) is 109 cm³/mol. The first-order chi connectivity index (χ1) is 13.4. The average molecular weight is 405 g/mol. The van der Waals surface area contributed by atoms with Gasteiger partial charge in [0.1, 0.15) is 6.04 Å². The Morgan fingerprint density at radius 3 is 2.71 bits per heavy atom. The van der Waals surface area contributed by atoms with Gasteiger partial charge in [0.25, 0.3) is 0 Å². The Labute approximate surface area is 166 Å². The topological polar surface area (TPSA) is 84.3 Å². The Balaban J connectivity index is 1.52. The van der Waals surface area contributed by atoms with Gasteiger partial charge in [-0.3, -0.25) is 4.79 Å². The highest BCUT2D eigenvalue weighted by Crippen LogP contribution is 2.20. The largest absolute Gasteiger partial charge is 0.355 e. The molecule has 7 nitrogen and oxygen atoms in total. The second-order valence-corrected chi connectivity index (χ2v) is 9.23. The normalized spacial score (nSPS) is 18.1. The summed E-state index contributed by atoms with van der Waals surface area (Å²) in [5.74, 6) is -0.193. The fourth-order valence-electron chi connectivity index (χ4n) is 3.63. The Morgan fingerprint density at radius 2 is 2.00 bits per heavy atom. The molecule has 28 heavy (non-hydrogen) atoms. The summed E-state index contributed by atoms with van der Waals surface area (Å²) in [6, 6.07) is 9.37. The van der Waals surface area contributed by atoms with Crippen LogP contribution in [0.3, 0.4) is 0 Å². The summed E-state index contributed by atoms with van der Waals surface area (Å²) in [4.78, 5) is 12.5. The van der Waals surface area contributed by atoms with Crippen molar-refractivity contribution in [2.45, 2.75) is 45.1 Å². The van der Waals surface area contributed by atoms with E-state index in [0.29, 0.717) is 19.5 Å². The van der Waals surface area contributed by atoms with Gasteiger partial charge < -0.3 is 5.32 Å². The highest BCUT2D eigenvalue weighted by molar-refractivity contribution is 7.88. The number of hydrogen-bond acceptors (Lipinski definition) is 4. The van der Waals surface area contributed by atoms with Gasteiger partial charge in [-0.15, -0.1) is 0 Å². The zero-order chi connectivity index (χ0) is 20.1. The lowest BCUT2D eigenvalue weighted by atomic mass is 10.0. The van der Waals surface area contributed by atoms with Gasteiger partial charge in [-0.25, -0.2) is 13.1 Å². The first-order valence-electron chi connectivity index (χ1n) is 9.71. The zero-order valence-electron chi connectivity index (χ0n) is 16.5. The third kappa shape index (κ3) is 4.99. The summed E-state index contributed by atoms with van der Waals surface area (Å²) in [6.45, 7) is 2.93. The molecule has 1 N–H and O–H groups in total. The van der Waals surface area contributed by atoms with E-state index in [1.807, 2.05) is 48.1 Å². The van der Waals surface area contributed by atoms with Crippen LogP contribution in [-0.4, -0.2) is 53.8 Å². The molecule has 0 spiro atoms. The van der Waals surface area contributed by atoms with Crippen LogP contribution in [0.25, 0.3) is 5.69 Å². The molecule has 1 fully saturated rings. The van der Waals surface area contributed by atoms with Crippen molar-refractivity contribution in [3.63, 3.8) is 0 Å². The molecule has 3 rings (SSSR count). The zero-order valence-corrected chi connectivity index (χ0v) is 17.3. The Kier molecular flexibility index (Phi) is 6.51. The van der Waals surface area contributed by atoms with Crippen molar-refractivity contribution in [2.24, 2.45) is 0 Å². The average Bonchev–Trinajstić information content (AvgIpc) is 3.06. The lowest BCUT2D eigenvalue weighted by molar-refractivity contribution is -0.125. The van der Waals surface area contributed by atoms with Crippen LogP contribution in [0.15, 0.2) is 36.5 Å². The molecule has 2 heterocycles. The van der Waals surface area contributed by atoms with Crippen molar-refractivity contribution >= 4 is 15.9 Å². The third-order valence-electron chi connectivity index (χ3n) is 5.13. The number of carbonyl (C=O) groups is 1. The van der Waals surface area contributed by atoms with Crippen molar-refractivity contribution < 1.29 is 13.2 Å². The van der Waals surface area contributed by atoms with Crippen LogP contribution in [0.4, 0.5) is 0 Å². The van der Waals surface area contributed by atoms with Crippen LogP contribution in [0.2, 0.25) is 0 Å². The molecule has 0 radical (unpaired) electrons. The number of rotatable bonds is 7. The number of nitrogens with one attached hydrogen (secondary N) is 1. The second kappa shape index (κ2) is 8.87. The maximum absolute atomic E-state index is 12.5. The molecule has 0 aliphatic carbocycles. The van der Waals surface area contributed by atoms with Gasteiger partial charge in [0.15, 0.2) is 0 Å². The molecule has 1 aromatic carbocycles. The highest BCUT2D eigenvalue weighted by atomic mass is 32.2. The van der Waals surface area contributed by atoms with Gasteiger partial charge in [0, 0.05) is 19.3 Å². The fourth-order valence-corrected chi connectivity index (χ4v) is 4.75. The molecule has 1 unspecified atom stereocenters. The summed E-state index contributed by atoms with van der Waals surface area (Å²) < 4.78 is 27.0. The van der Waals surface area contributed by atoms with Crippen LogP contribution in [0, 0.1) is 6.92 Å². The fraction of sp³-hybridized carbons (Fsp3) is 0.500. The van der Waals surface area contributed by atoms with E-state index < -0.39 is 16.1 Å². The molecule has 1 amide bonds. The molecular formula is C20H28N4O3S. The van der Waals surface area contributed by atoms with Crippen LogP contribution < -0.4 is 5.32 Å². The van der Waals surface area contributed by atoms with Crippen LogP contribution in [-0.2, 0) is 21.2 Å². The summed E-state index contributed by atoms with van der Waals surface area (Å²) >= 11 is 0. The molecule has 0 saturated carbocycles. The highest BCUT2D eigenvalue weighted by Gasteiger charge is 2.34. The Hall–Kier alpha value is -2.19. The minimum atomic E-state index is -3.36. The first kappa shape index (κ1) is 20.5. The van der Waals surface area contributed by atoms with E-state index in [2.05, 4.69) is 10.4 Å². The molecule has 1 saturated heterocycles. The number of carbonyl (C=O) groups excluding carboxylic acids is 1. The van der Waals surface area contributed by atoms with E-state index in [-0.39, 0.29) is 5.91 Å². The second-order valence-electron chi connectivity index (χ2n) is 7.30. The maximum Gasteiger partial charge on any atom is 0.238 e. The van der Waals surface area contributed by atoms with Crippen LogP contribution in [0.1, 0.15) is 36.9 Å². The predicted octanol–water partition coefficient (Wildman–Crippen LogP) is 2.04. The van der Waals surface area contributed by atoms with Gasteiger partial charge in [-0.1, -0.05) is 24.6 Å². The van der Waals surface area contributed by atoms with E-state index in [1.54, 1.807) is 0 Å². The number of benzene rings is 1. The molecule has 152 valence electrons. The standard InChI is InChI=1S/C20H28N4O3S/c1-16-17(15-23(22-16)18-10-4-3-5-11-18)9-8-13-21-20(25)19-12-6-7-14-24(19)28(2,26)27/h3-5,10-11,15,19H,6-9,12-14H2,1-2H3,(H,21,25). The molecule has 1 aromatic heterocycles. The number of hydrogen-bond donors (Lipinski definition) is 1. The molecule has 1 aliphatic heterocycles. The summed E-state index contributed by atoms with van der Waals surface area (Å²) in [5.41, 5.74) is 3.14. The van der Waals surface area contributed by atoms with Crippen molar-refractivity contribution in [2.75, 3.05) is 19.3 Å². The number of aryl methyl sites for hydroxylation is 2. The third-order valence-corrected chi connectivity index (χ3v) is 6.41. The Morgan fingerprint density at radius 1 is 1.25 bits per heavy atom. The number of piperidine rings is 1. The van der Waals surface area contributed by atoms with E-state index >= 15 is 0 Å². The number of sulfonamides is 1. The van der Waals surface area contributed by atoms with Crippen molar-refractivity contribution in [3.05, 3.63) is 47.8 Å². The van der Waals surface area contributed by atoms with Crippen molar-refractivity contribution in [1.29, 1.82) is 0 Å². The molecular weight excluding hydrogens is 376 g/mol. The smallest absolute Gasteiger partial charge is 0.238 e.